The Morgan fingerprint density at radius 1 is 1.43 bits per heavy atom. The molecule has 0 aliphatic rings. The van der Waals surface area contributed by atoms with Crippen LogP contribution in [0.4, 0.5) is 0 Å². The molecule has 0 unspecified atom stereocenters. The van der Waals surface area contributed by atoms with Crippen LogP contribution in [-0.4, -0.2) is 61.2 Å². The Kier molecular flexibility index (Phi) is 6.72. The molecule has 0 aliphatic carbocycles. The second-order valence-corrected chi connectivity index (χ2v) is 3.18. The van der Waals surface area contributed by atoms with E-state index < -0.39 is 0 Å². The topological polar surface area (TPSA) is 67.6 Å². The fraction of sp³-hybridized carbons (Fsp3) is 0.778. The fourth-order valence-corrected chi connectivity index (χ4v) is 0.944. The van der Waals surface area contributed by atoms with E-state index in [9.17, 15) is 4.79 Å². The second-order valence-electron chi connectivity index (χ2n) is 3.18. The van der Waals surface area contributed by atoms with Crippen molar-refractivity contribution in [1.82, 2.24) is 9.80 Å². The Morgan fingerprint density at radius 2 is 2.07 bits per heavy atom. The molecule has 1 N–H and O–H groups in total. The lowest BCUT2D eigenvalue weighted by atomic mass is 10.4. The minimum absolute atomic E-state index is 0.0313. The average Bonchev–Trinajstić information content (AvgIpc) is 2.14. The van der Waals surface area contributed by atoms with Gasteiger partial charge in [-0.15, -0.1) is 0 Å². The van der Waals surface area contributed by atoms with Gasteiger partial charge in [0.25, 0.3) is 0 Å². The molecule has 0 aromatic carbocycles. The highest BCUT2D eigenvalue weighted by molar-refractivity contribution is 5.77. The van der Waals surface area contributed by atoms with Gasteiger partial charge in [-0.2, -0.15) is 5.26 Å². The lowest BCUT2D eigenvalue weighted by Crippen LogP contribution is -2.38. The fourth-order valence-electron chi connectivity index (χ4n) is 0.944. The first-order valence-corrected chi connectivity index (χ1v) is 4.52. The van der Waals surface area contributed by atoms with Gasteiger partial charge in [0.2, 0.25) is 5.91 Å². The number of aliphatic hydroxyl groups is 1. The summed E-state index contributed by atoms with van der Waals surface area (Å²) < 4.78 is 0. The molecular weight excluding hydrogens is 182 g/mol. The van der Waals surface area contributed by atoms with Gasteiger partial charge in [-0.3, -0.25) is 9.69 Å². The first-order chi connectivity index (χ1) is 6.61. The average molecular weight is 199 g/mol. The van der Waals surface area contributed by atoms with Crippen LogP contribution in [0.25, 0.3) is 0 Å². The highest BCUT2D eigenvalue weighted by Crippen LogP contribution is 1.90. The molecule has 5 heteroatoms. The largest absolute Gasteiger partial charge is 0.395 e. The zero-order valence-electron chi connectivity index (χ0n) is 8.73. The monoisotopic (exact) mass is 199 g/mol. The van der Waals surface area contributed by atoms with Crippen LogP contribution in [0.5, 0.6) is 0 Å². The number of rotatable bonds is 6. The Bertz CT molecular complexity index is 213. The number of likely N-dealkylation sites (N-methyl/N-ethyl adjacent to an activating group) is 2. The van der Waals surface area contributed by atoms with E-state index in [1.54, 1.807) is 19.0 Å². The number of nitrogens with zero attached hydrogens (tertiary/aromatic N) is 3. The molecule has 0 bridgehead atoms. The molecular formula is C9H17N3O2. The summed E-state index contributed by atoms with van der Waals surface area (Å²) in [4.78, 5) is 14.7. The smallest absolute Gasteiger partial charge is 0.236 e. The van der Waals surface area contributed by atoms with E-state index in [1.807, 2.05) is 6.07 Å². The van der Waals surface area contributed by atoms with Crippen LogP contribution < -0.4 is 0 Å². The molecule has 0 aromatic rings. The van der Waals surface area contributed by atoms with Crippen LogP contribution in [-0.2, 0) is 4.79 Å². The third-order valence-corrected chi connectivity index (χ3v) is 1.87. The van der Waals surface area contributed by atoms with Crippen molar-refractivity contribution in [3.63, 3.8) is 0 Å². The normalized spacial score (nSPS) is 9.93. The van der Waals surface area contributed by atoms with Crippen LogP contribution in [0.15, 0.2) is 0 Å². The number of amides is 1. The summed E-state index contributed by atoms with van der Waals surface area (Å²) in [6, 6.07) is 1.98. The van der Waals surface area contributed by atoms with Crippen LogP contribution in [0, 0.1) is 11.3 Å². The molecule has 0 spiro atoms. The van der Waals surface area contributed by atoms with E-state index in [-0.39, 0.29) is 19.1 Å². The Morgan fingerprint density at radius 3 is 2.57 bits per heavy atom. The molecule has 14 heavy (non-hydrogen) atoms. The molecule has 5 nitrogen and oxygen atoms in total. The summed E-state index contributed by atoms with van der Waals surface area (Å²) in [6.07, 6.45) is 0.353. The zero-order valence-corrected chi connectivity index (χ0v) is 8.73. The number of carbonyl (C=O) groups is 1. The summed E-state index contributed by atoms with van der Waals surface area (Å²) in [6.45, 7) is 1.27. The molecule has 0 atom stereocenters. The van der Waals surface area contributed by atoms with Gasteiger partial charge in [0, 0.05) is 20.1 Å². The number of aliphatic hydroxyl groups excluding tert-OH is 1. The predicted molar refractivity (Wildman–Crippen MR) is 52.4 cm³/mol. The van der Waals surface area contributed by atoms with Gasteiger partial charge in [0.15, 0.2) is 0 Å². The van der Waals surface area contributed by atoms with Gasteiger partial charge in [0.05, 0.1) is 25.6 Å². The molecule has 0 rings (SSSR count). The Labute approximate surface area is 84.5 Å². The lowest BCUT2D eigenvalue weighted by molar-refractivity contribution is -0.130. The van der Waals surface area contributed by atoms with Crippen molar-refractivity contribution >= 4 is 5.91 Å². The quantitative estimate of drug-likeness (QED) is 0.613. The van der Waals surface area contributed by atoms with E-state index in [0.29, 0.717) is 19.5 Å². The Hall–Kier alpha value is -1.12. The molecule has 0 saturated carbocycles. The van der Waals surface area contributed by atoms with Crippen LogP contribution in [0.2, 0.25) is 0 Å². The third-order valence-electron chi connectivity index (χ3n) is 1.87. The zero-order chi connectivity index (χ0) is 11.0. The molecule has 0 radical (unpaired) electrons. The Balaban J connectivity index is 3.77. The molecule has 1 amide bonds. The lowest BCUT2D eigenvalue weighted by Gasteiger charge is -2.20. The van der Waals surface area contributed by atoms with Crippen LogP contribution >= 0.6 is 0 Å². The van der Waals surface area contributed by atoms with E-state index in [2.05, 4.69) is 0 Å². The highest BCUT2D eigenvalue weighted by Gasteiger charge is 2.10. The highest BCUT2D eigenvalue weighted by atomic mass is 16.3. The van der Waals surface area contributed by atoms with E-state index in [1.165, 1.54) is 4.90 Å². The SMILES string of the molecule is CN(CCO)CC(=O)N(C)CCC#N. The molecule has 0 heterocycles. The molecule has 0 fully saturated rings. The van der Waals surface area contributed by atoms with Gasteiger partial charge in [-0.25, -0.2) is 0 Å². The molecule has 0 aromatic heterocycles. The number of hydrogen-bond acceptors (Lipinski definition) is 4. The van der Waals surface area contributed by atoms with E-state index in [4.69, 9.17) is 10.4 Å². The van der Waals surface area contributed by atoms with Crippen LogP contribution in [0.3, 0.4) is 0 Å². The van der Waals surface area contributed by atoms with Gasteiger partial charge in [0.1, 0.15) is 0 Å². The summed E-state index contributed by atoms with van der Waals surface area (Å²) in [5, 5.41) is 17.0. The maximum Gasteiger partial charge on any atom is 0.236 e. The van der Waals surface area contributed by atoms with Crippen molar-refractivity contribution in [2.75, 3.05) is 40.3 Å². The third kappa shape index (κ3) is 5.51. The van der Waals surface area contributed by atoms with Crippen molar-refractivity contribution in [2.24, 2.45) is 0 Å². The summed E-state index contributed by atoms with van der Waals surface area (Å²) in [5.74, 6) is -0.0313. The second kappa shape index (κ2) is 7.30. The summed E-state index contributed by atoms with van der Waals surface area (Å²) >= 11 is 0. The van der Waals surface area contributed by atoms with Gasteiger partial charge in [-0.1, -0.05) is 0 Å². The minimum Gasteiger partial charge on any atom is -0.395 e. The van der Waals surface area contributed by atoms with Gasteiger partial charge >= 0.3 is 0 Å². The number of nitriles is 1. The van der Waals surface area contributed by atoms with Gasteiger partial charge < -0.3 is 10.0 Å². The first kappa shape index (κ1) is 12.9. The first-order valence-electron chi connectivity index (χ1n) is 4.52. The van der Waals surface area contributed by atoms with E-state index >= 15 is 0 Å². The number of hydrogen-bond donors (Lipinski definition) is 1. The maximum absolute atomic E-state index is 11.4. The standard InChI is InChI=1S/C9H17N3O2/c1-11(6-7-13)8-9(14)12(2)5-3-4-10/h13H,3,5-8H2,1-2H3. The summed E-state index contributed by atoms with van der Waals surface area (Å²) in [5.41, 5.74) is 0. The van der Waals surface area contributed by atoms with E-state index in [0.717, 1.165) is 0 Å². The summed E-state index contributed by atoms with van der Waals surface area (Å²) in [7, 11) is 3.44. The van der Waals surface area contributed by atoms with Crippen molar-refractivity contribution in [3.8, 4) is 6.07 Å². The van der Waals surface area contributed by atoms with Crippen molar-refractivity contribution < 1.29 is 9.90 Å². The minimum atomic E-state index is -0.0313. The van der Waals surface area contributed by atoms with Crippen molar-refractivity contribution in [2.45, 2.75) is 6.42 Å². The maximum atomic E-state index is 11.4. The van der Waals surface area contributed by atoms with Crippen LogP contribution in [0.1, 0.15) is 6.42 Å². The molecule has 0 saturated heterocycles. The molecule has 80 valence electrons. The predicted octanol–water partition coefficient (Wildman–Crippen LogP) is -0.717. The van der Waals surface area contributed by atoms with Crippen molar-refractivity contribution in [3.05, 3.63) is 0 Å². The molecule has 0 aliphatic heterocycles. The van der Waals surface area contributed by atoms with Gasteiger partial charge in [-0.05, 0) is 7.05 Å². The number of carbonyl (C=O) groups excluding carboxylic acids is 1. The van der Waals surface area contributed by atoms with Crippen molar-refractivity contribution in [1.29, 1.82) is 5.26 Å².